The van der Waals surface area contributed by atoms with Crippen LogP contribution in [-0.2, 0) is 16.6 Å². The van der Waals surface area contributed by atoms with Gasteiger partial charge >= 0.3 is 0 Å². The van der Waals surface area contributed by atoms with Gasteiger partial charge in [0.15, 0.2) is 0 Å². The number of sulfonamides is 1. The molecule has 2 aromatic carbocycles. The van der Waals surface area contributed by atoms with E-state index < -0.39 is 33.2 Å². The molecule has 2 N–H and O–H groups in total. The largest absolute Gasteiger partial charge is 0.392 e. The van der Waals surface area contributed by atoms with Gasteiger partial charge in [0.25, 0.3) is 10.0 Å². The molecule has 0 aliphatic rings. The maximum Gasteiger partial charge on any atom is 0.264 e. The maximum atomic E-state index is 13.8. The van der Waals surface area contributed by atoms with Crippen LogP contribution in [0.3, 0.4) is 0 Å². The summed E-state index contributed by atoms with van der Waals surface area (Å²) < 4.78 is 53.2. The first-order chi connectivity index (χ1) is 9.83. The van der Waals surface area contributed by atoms with Crippen molar-refractivity contribution in [2.24, 2.45) is 0 Å². The first-order valence-electron chi connectivity index (χ1n) is 5.70. The number of halogens is 3. The van der Waals surface area contributed by atoms with Gasteiger partial charge in [-0.25, -0.2) is 17.2 Å². The predicted molar refractivity (Wildman–Crippen MR) is 74.5 cm³/mol. The highest BCUT2D eigenvalue weighted by atomic mass is 35.5. The Morgan fingerprint density at radius 1 is 1.10 bits per heavy atom. The van der Waals surface area contributed by atoms with Gasteiger partial charge in [-0.1, -0.05) is 17.7 Å². The Kier molecular flexibility index (Phi) is 4.46. The zero-order chi connectivity index (χ0) is 15.6. The molecule has 0 bridgehead atoms. The van der Waals surface area contributed by atoms with Gasteiger partial charge in [-0.05, 0) is 35.9 Å². The van der Waals surface area contributed by atoms with Crippen molar-refractivity contribution in [3.8, 4) is 0 Å². The normalized spacial score (nSPS) is 11.4. The highest BCUT2D eigenvalue weighted by Crippen LogP contribution is 2.23. The molecule has 4 nitrogen and oxygen atoms in total. The fourth-order valence-electron chi connectivity index (χ4n) is 1.63. The molecule has 112 valence electrons. The van der Waals surface area contributed by atoms with E-state index in [4.69, 9.17) is 16.7 Å². The van der Waals surface area contributed by atoms with Crippen molar-refractivity contribution < 1.29 is 22.3 Å². The third kappa shape index (κ3) is 3.49. The summed E-state index contributed by atoms with van der Waals surface area (Å²) in [5.41, 5.74) is 0.159. The number of hydrogen-bond acceptors (Lipinski definition) is 3. The molecule has 2 aromatic rings. The Bertz CT molecular complexity index is 781. The molecule has 0 aromatic heterocycles. The van der Waals surface area contributed by atoms with E-state index in [1.54, 1.807) is 0 Å². The molecule has 0 atom stereocenters. The molecular weight excluding hydrogens is 324 g/mol. The average molecular weight is 334 g/mol. The molecule has 0 aliphatic carbocycles. The maximum absolute atomic E-state index is 13.8. The standard InChI is InChI=1S/C13H10ClF2NO3S/c14-10-3-2-9(6-11(10)15)17-21(19,20)13-4-1-8(7-18)5-12(13)16/h1-6,17-18H,7H2. The molecule has 0 aliphatic heterocycles. The van der Waals surface area contributed by atoms with E-state index in [1.807, 2.05) is 0 Å². The van der Waals surface area contributed by atoms with Crippen molar-refractivity contribution >= 4 is 27.3 Å². The van der Waals surface area contributed by atoms with Crippen molar-refractivity contribution in [1.82, 2.24) is 0 Å². The van der Waals surface area contributed by atoms with Crippen molar-refractivity contribution in [2.75, 3.05) is 4.72 Å². The number of rotatable bonds is 4. The summed E-state index contributed by atoms with van der Waals surface area (Å²) >= 11 is 5.49. The van der Waals surface area contributed by atoms with Gasteiger partial charge in [0.05, 0.1) is 17.3 Å². The van der Waals surface area contributed by atoms with Crippen LogP contribution in [0.2, 0.25) is 5.02 Å². The molecule has 8 heteroatoms. The Labute approximate surface area is 125 Å². The summed E-state index contributed by atoms with van der Waals surface area (Å²) in [6.07, 6.45) is 0. The van der Waals surface area contributed by atoms with Crippen molar-refractivity contribution in [3.63, 3.8) is 0 Å². The fourth-order valence-corrected chi connectivity index (χ4v) is 2.86. The molecule has 0 fully saturated rings. The quantitative estimate of drug-likeness (QED) is 0.904. The lowest BCUT2D eigenvalue weighted by atomic mass is 10.2. The van der Waals surface area contributed by atoms with E-state index in [9.17, 15) is 17.2 Å². The number of aliphatic hydroxyl groups excluding tert-OH is 1. The Morgan fingerprint density at radius 2 is 1.81 bits per heavy atom. The van der Waals surface area contributed by atoms with E-state index >= 15 is 0 Å². The molecule has 0 heterocycles. The van der Waals surface area contributed by atoms with E-state index in [1.165, 1.54) is 18.2 Å². The molecule has 0 amide bonds. The zero-order valence-corrected chi connectivity index (χ0v) is 12.0. The molecule has 0 saturated heterocycles. The second-order valence-corrected chi connectivity index (χ2v) is 6.22. The van der Waals surface area contributed by atoms with Crippen LogP contribution in [0.5, 0.6) is 0 Å². The minimum absolute atomic E-state index is 0.0810. The number of aliphatic hydroxyl groups is 1. The summed E-state index contributed by atoms with van der Waals surface area (Å²) in [6.45, 7) is -0.410. The van der Waals surface area contributed by atoms with E-state index in [0.717, 1.165) is 18.2 Å². The summed E-state index contributed by atoms with van der Waals surface area (Å²) in [5, 5.41) is 8.71. The Hall–Kier alpha value is -1.70. The lowest BCUT2D eigenvalue weighted by molar-refractivity contribution is 0.281. The predicted octanol–water partition coefficient (Wildman–Crippen LogP) is 2.91. The lowest BCUT2D eigenvalue weighted by Gasteiger charge is -2.10. The molecular formula is C13H10ClF2NO3S. The topological polar surface area (TPSA) is 66.4 Å². The van der Waals surface area contributed by atoms with Crippen LogP contribution in [0, 0.1) is 11.6 Å². The number of anilines is 1. The molecule has 0 radical (unpaired) electrons. The van der Waals surface area contributed by atoms with E-state index in [-0.39, 0.29) is 16.3 Å². The van der Waals surface area contributed by atoms with Crippen LogP contribution < -0.4 is 4.72 Å². The number of nitrogens with one attached hydrogen (secondary N) is 1. The molecule has 0 saturated carbocycles. The smallest absolute Gasteiger partial charge is 0.264 e. The van der Waals surface area contributed by atoms with Crippen molar-refractivity contribution in [1.29, 1.82) is 0 Å². The van der Waals surface area contributed by atoms with Gasteiger partial charge in [0, 0.05) is 0 Å². The minimum atomic E-state index is -4.21. The molecule has 0 spiro atoms. The van der Waals surface area contributed by atoms with Crippen LogP contribution in [0.4, 0.5) is 14.5 Å². The second kappa shape index (κ2) is 5.97. The van der Waals surface area contributed by atoms with E-state index in [2.05, 4.69) is 4.72 Å². The van der Waals surface area contributed by atoms with Crippen molar-refractivity contribution in [2.45, 2.75) is 11.5 Å². The summed E-state index contributed by atoms with van der Waals surface area (Å²) in [6, 6.07) is 6.54. The summed E-state index contributed by atoms with van der Waals surface area (Å²) in [5.74, 6) is -1.81. The number of hydrogen-bond donors (Lipinski definition) is 2. The number of benzene rings is 2. The fraction of sp³-hybridized carbons (Fsp3) is 0.0769. The Balaban J connectivity index is 2.36. The average Bonchev–Trinajstić information content (AvgIpc) is 2.42. The monoisotopic (exact) mass is 333 g/mol. The third-order valence-corrected chi connectivity index (χ3v) is 4.36. The van der Waals surface area contributed by atoms with Gasteiger partial charge in [-0.15, -0.1) is 0 Å². The van der Waals surface area contributed by atoms with Gasteiger partial charge in [-0.2, -0.15) is 0 Å². The van der Waals surface area contributed by atoms with Crippen molar-refractivity contribution in [3.05, 3.63) is 58.6 Å². The third-order valence-electron chi connectivity index (χ3n) is 2.64. The second-order valence-electron chi connectivity index (χ2n) is 4.16. The van der Waals surface area contributed by atoms with Crippen LogP contribution in [-0.4, -0.2) is 13.5 Å². The molecule has 0 unspecified atom stereocenters. The zero-order valence-electron chi connectivity index (χ0n) is 10.5. The SMILES string of the molecule is O=S(=O)(Nc1ccc(Cl)c(F)c1)c1ccc(CO)cc1F. The van der Waals surface area contributed by atoms with Gasteiger partial charge in [-0.3, -0.25) is 4.72 Å². The van der Waals surface area contributed by atoms with Gasteiger partial charge in [0.2, 0.25) is 0 Å². The van der Waals surface area contributed by atoms with Crippen LogP contribution in [0.1, 0.15) is 5.56 Å². The molecule has 21 heavy (non-hydrogen) atoms. The van der Waals surface area contributed by atoms with Gasteiger partial charge in [0.1, 0.15) is 16.5 Å². The highest BCUT2D eigenvalue weighted by Gasteiger charge is 2.20. The van der Waals surface area contributed by atoms with Gasteiger partial charge < -0.3 is 5.11 Å². The highest BCUT2D eigenvalue weighted by molar-refractivity contribution is 7.92. The first-order valence-corrected chi connectivity index (χ1v) is 7.57. The molecule has 2 rings (SSSR count). The Morgan fingerprint density at radius 3 is 2.38 bits per heavy atom. The summed E-state index contributed by atoms with van der Waals surface area (Å²) in [7, 11) is -4.21. The lowest BCUT2D eigenvalue weighted by Crippen LogP contribution is -2.15. The minimum Gasteiger partial charge on any atom is -0.392 e. The van der Waals surface area contributed by atoms with Crippen LogP contribution in [0.25, 0.3) is 0 Å². The first kappa shape index (κ1) is 15.7. The van der Waals surface area contributed by atoms with Crippen LogP contribution in [0.15, 0.2) is 41.3 Å². The summed E-state index contributed by atoms with van der Waals surface area (Å²) in [4.78, 5) is -0.602. The van der Waals surface area contributed by atoms with Crippen LogP contribution >= 0.6 is 11.6 Å². The van der Waals surface area contributed by atoms with E-state index in [0.29, 0.717) is 0 Å².